The SMILES string of the molecule is CCN(CC)C(=O)CNCC(O)c1cc(C)ccc1OC. The minimum absolute atomic E-state index is 0.0448. The third-order valence-electron chi connectivity index (χ3n) is 3.47. The first kappa shape index (κ1) is 17.5. The van der Waals surface area contributed by atoms with Crippen molar-refractivity contribution in [1.82, 2.24) is 10.2 Å². The number of nitrogens with one attached hydrogen (secondary N) is 1. The first-order valence-corrected chi connectivity index (χ1v) is 7.34. The molecule has 1 unspecified atom stereocenters. The molecular weight excluding hydrogens is 268 g/mol. The summed E-state index contributed by atoms with van der Waals surface area (Å²) in [5.74, 6) is 0.702. The van der Waals surface area contributed by atoms with Crippen molar-refractivity contribution in [1.29, 1.82) is 0 Å². The van der Waals surface area contributed by atoms with Crippen LogP contribution in [-0.4, -0.2) is 49.2 Å². The quantitative estimate of drug-likeness (QED) is 0.762. The maximum Gasteiger partial charge on any atom is 0.236 e. The van der Waals surface area contributed by atoms with E-state index >= 15 is 0 Å². The van der Waals surface area contributed by atoms with E-state index in [1.54, 1.807) is 12.0 Å². The van der Waals surface area contributed by atoms with Gasteiger partial charge in [-0.05, 0) is 32.9 Å². The molecule has 0 saturated heterocycles. The van der Waals surface area contributed by atoms with Crippen LogP contribution in [0.1, 0.15) is 31.1 Å². The first-order chi connectivity index (χ1) is 10.0. The van der Waals surface area contributed by atoms with Gasteiger partial charge in [0.1, 0.15) is 5.75 Å². The highest BCUT2D eigenvalue weighted by molar-refractivity contribution is 5.78. The Balaban J connectivity index is 2.56. The molecule has 0 aliphatic heterocycles. The molecule has 1 aromatic rings. The summed E-state index contributed by atoms with van der Waals surface area (Å²) in [6, 6.07) is 5.68. The molecule has 21 heavy (non-hydrogen) atoms. The van der Waals surface area contributed by atoms with Crippen LogP contribution in [-0.2, 0) is 4.79 Å². The fourth-order valence-electron chi connectivity index (χ4n) is 2.23. The number of methoxy groups -OCH3 is 1. The molecule has 0 saturated carbocycles. The molecule has 5 nitrogen and oxygen atoms in total. The maximum absolute atomic E-state index is 11.9. The van der Waals surface area contributed by atoms with E-state index in [1.807, 2.05) is 39.0 Å². The highest BCUT2D eigenvalue weighted by Gasteiger charge is 2.15. The van der Waals surface area contributed by atoms with Gasteiger partial charge in [0.05, 0.1) is 19.8 Å². The second kappa shape index (κ2) is 8.64. The van der Waals surface area contributed by atoms with E-state index in [2.05, 4.69) is 5.32 Å². The number of rotatable bonds is 8. The minimum atomic E-state index is -0.704. The van der Waals surface area contributed by atoms with Crippen LogP contribution in [0.4, 0.5) is 0 Å². The van der Waals surface area contributed by atoms with Crippen LogP contribution in [0.2, 0.25) is 0 Å². The van der Waals surface area contributed by atoms with Crippen LogP contribution in [0, 0.1) is 6.92 Å². The standard InChI is InChI=1S/C16H26N2O3/c1-5-18(6-2)16(20)11-17-10-14(19)13-9-12(3)7-8-15(13)21-4/h7-9,14,17,19H,5-6,10-11H2,1-4H3. The molecule has 1 aromatic carbocycles. The molecule has 0 fully saturated rings. The molecule has 118 valence electrons. The molecule has 2 N–H and O–H groups in total. The largest absolute Gasteiger partial charge is 0.496 e. The molecule has 1 amide bonds. The molecule has 0 aliphatic rings. The predicted molar refractivity (Wildman–Crippen MR) is 83.5 cm³/mol. The number of aliphatic hydroxyl groups excluding tert-OH is 1. The highest BCUT2D eigenvalue weighted by atomic mass is 16.5. The second-order valence-corrected chi connectivity index (χ2v) is 4.96. The summed E-state index contributed by atoms with van der Waals surface area (Å²) >= 11 is 0. The van der Waals surface area contributed by atoms with Gasteiger partial charge in [-0.1, -0.05) is 11.6 Å². The predicted octanol–water partition coefficient (Wildman–Crippen LogP) is 1.50. The van der Waals surface area contributed by atoms with Crippen molar-refractivity contribution in [3.05, 3.63) is 29.3 Å². The van der Waals surface area contributed by atoms with E-state index in [0.29, 0.717) is 25.4 Å². The number of hydrogen-bond donors (Lipinski definition) is 2. The van der Waals surface area contributed by atoms with E-state index in [1.165, 1.54) is 0 Å². The van der Waals surface area contributed by atoms with Gasteiger partial charge in [-0.3, -0.25) is 4.79 Å². The molecule has 0 aromatic heterocycles. The Kier molecular flexibility index (Phi) is 7.19. The van der Waals surface area contributed by atoms with Crippen LogP contribution < -0.4 is 10.1 Å². The van der Waals surface area contributed by atoms with Crippen molar-refractivity contribution >= 4 is 5.91 Å². The Labute approximate surface area is 126 Å². The van der Waals surface area contributed by atoms with Crippen molar-refractivity contribution < 1.29 is 14.6 Å². The van der Waals surface area contributed by atoms with Crippen LogP contribution in [0.5, 0.6) is 5.75 Å². The zero-order valence-electron chi connectivity index (χ0n) is 13.3. The third-order valence-corrected chi connectivity index (χ3v) is 3.47. The summed E-state index contributed by atoms with van der Waals surface area (Å²) in [6.45, 7) is 7.81. The number of likely N-dealkylation sites (N-methyl/N-ethyl adjacent to an activating group) is 1. The molecule has 1 atom stereocenters. The van der Waals surface area contributed by atoms with E-state index in [-0.39, 0.29) is 12.5 Å². The number of aliphatic hydroxyl groups is 1. The van der Waals surface area contributed by atoms with Gasteiger partial charge in [-0.2, -0.15) is 0 Å². The normalized spacial score (nSPS) is 12.0. The Hall–Kier alpha value is -1.59. The van der Waals surface area contributed by atoms with Gasteiger partial charge in [-0.15, -0.1) is 0 Å². The van der Waals surface area contributed by atoms with E-state index in [4.69, 9.17) is 4.74 Å². The fraction of sp³-hybridized carbons (Fsp3) is 0.562. The van der Waals surface area contributed by atoms with Crippen molar-refractivity contribution in [2.24, 2.45) is 0 Å². The monoisotopic (exact) mass is 294 g/mol. The van der Waals surface area contributed by atoms with Crippen molar-refractivity contribution in [3.63, 3.8) is 0 Å². The topological polar surface area (TPSA) is 61.8 Å². The molecule has 0 aliphatic carbocycles. The zero-order chi connectivity index (χ0) is 15.8. The van der Waals surface area contributed by atoms with Gasteiger partial charge in [0.25, 0.3) is 0 Å². The number of nitrogens with zero attached hydrogens (tertiary/aromatic N) is 1. The van der Waals surface area contributed by atoms with E-state index < -0.39 is 6.10 Å². The summed E-state index contributed by atoms with van der Waals surface area (Å²) in [5, 5.41) is 13.3. The summed E-state index contributed by atoms with van der Waals surface area (Å²) in [4.78, 5) is 13.6. The average molecular weight is 294 g/mol. The van der Waals surface area contributed by atoms with Crippen molar-refractivity contribution in [2.75, 3.05) is 33.3 Å². The lowest BCUT2D eigenvalue weighted by molar-refractivity contribution is -0.129. The molecule has 0 radical (unpaired) electrons. The molecule has 1 rings (SSSR count). The smallest absolute Gasteiger partial charge is 0.236 e. The Morgan fingerprint density at radius 2 is 2.05 bits per heavy atom. The molecule has 5 heteroatoms. The van der Waals surface area contributed by atoms with Gasteiger partial charge in [0.15, 0.2) is 0 Å². The lowest BCUT2D eigenvalue weighted by Gasteiger charge is -2.20. The lowest BCUT2D eigenvalue weighted by atomic mass is 10.1. The van der Waals surface area contributed by atoms with Crippen LogP contribution >= 0.6 is 0 Å². The highest BCUT2D eigenvalue weighted by Crippen LogP contribution is 2.25. The molecule has 0 spiro atoms. The lowest BCUT2D eigenvalue weighted by Crippen LogP contribution is -2.39. The third kappa shape index (κ3) is 5.02. The number of carbonyl (C=O) groups is 1. The molecular formula is C16H26N2O3. The zero-order valence-corrected chi connectivity index (χ0v) is 13.3. The number of aryl methyl sites for hydroxylation is 1. The van der Waals surface area contributed by atoms with Crippen LogP contribution in [0.3, 0.4) is 0 Å². The minimum Gasteiger partial charge on any atom is -0.496 e. The molecule has 0 bridgehead atoms. The van der Waals surface area contributed by atoms with Crippen molar-refractivity contribution in [3.8, 4) is 5.75 Å². The Bertz CT molecular complexity index is 459. The first-order valence-electron chi connectivity index (χ1n) is 7.34. The number of carbonyl (C=O) groups excluding carboxylic acids is 1. The van der Waals surface area contributed by atoms with Gasteiger partial charge in [0, 0.05) is 25.2 Å². The summed E-state index contributed by atoms with van der Waals surface area (Å²) in [7, 11) is 1.58. The van der Waals surface area contributed by atoms with Crippen LogP contribution in [0.25, 0.3) is 0 Å². The Morgan fingerprint density at radius 3 is 2.62 bits per heavy atom. The van der Waals surface area contributed by atoms with Gasteiger partial charge >= 0.3 is 0 Å². The van der Waals surface area contributed by atoms with E-state index in [0.717, 1.165) is 11.1 Å². The Morgan fingerprint density at radius 1 is 1.38 bits per heavy atom. The van der Waals surface area contributed by atoms with Gasteiger partial charge in [0.2, 0.25) is 5.91 Å². The second-order valence-electron chi connectivity index (χ2n) is 4.96. The summed E-state index contributed by atoms with van der Waals surface area (Å²) in [5.41, 5.74) is 1.80. The van der Waals surface area contributed by atoms with Gasteiger partial charge < -0.3 is 20.1 Å². The van der Waals surface area contributed by atoms with Gasteiger partial charge in [-0.25, -0.2) is 0 Å². The van der Waals surface area contributed by atoms with Crippen molar-refractivity contribution in [2.45, 2.75) is 26.9 Å². The summed E-state index contributed by atoms with van der Waals surface area (Å²) in [6.07, 6.45) is -0.704. The average Bonchev–Trinajstić information content (AvgIpc) is 2.48. The summed E-state index contributed by atoms with van der Waals surface area (Å²) < 4.78 is 5.26. The number of amides is 1. The van der Waals surface area contributed by atoms with E-state index in [9.17, 15) is 9.90 Å². The fourth-order valence-corrected chi connectivity index (χ4v) is 2.23. The molecule has 0 heterocycles. The number of ether oxygens (including phenoxy) is 1. The van der Waals surface area contributed by atoms with Crippen LogP contribution in [0.15, 0.2) is 18.2 Å². The number of hydrogen-bond acceptors (Lipinski definition) is 4. The number of benzene rings is 1. The maximum atomic E-state index is 11.9.